The van der Waals surface area contributed by atoms with Crippen LogP contribution in [0.5, 0.6) is 0 Å². The van der Waals surface area contributed by atoms with E-state index in [1.807, 2.05) is 0 Å². The van der Waals surface area contributed by atoms with Crippen LogP contribution in [0.15, 0.2) is 24.3 Å². The van der Waals surface area contributed by atoms with E-state index in [4.69, 9.17) is 0 Å². The van der Waals surface area contributed by atoms with Crippen molar-refractivity contribution >= 4 is 43.1 Å². The molecule has 0 saturated carbocycles. The highest BCUT2D eigenvalue weighted by molar-refractivity contribution is 7.92. The van der Waals surface area contributed by atoms with Crippen LogP contribution in [0.2, 0.25) is 0 Å². The van der Waals surface area contributed by atoms with E-state index in [1.165, 1.54) is 9.80 Å². The third-order valence-corrected chi connectivity index (χ3v) is 9.20. The molecule has 4 aliphatic heterocycles. The molecule has 12 heteroatoms. The first-order chi connectivity index (χ1) is 13.2. The number of amides is 4. The summed E-state index contributed by atoms with van der Waals surface area (Å²) in [5, 5.41) is 5.40. The molecule has 0 radical (unpaired) electrons. The summed E-state index contributed by atoms with van der Waals surface area (Å²) in [5.74, 6) is -0.542. The third kappa shape index (κ3) is 2.58. The highest BCUT2D eigenvalue weighted by Crippen LogP contribution is 2.39. The first kappa shape index (κ1) is 17.7. The second-order valence-corrected chi connectivity index (χ2v) is 11.9. The quantitative estimate of drug-likeness (QED) is 0.588. The zero-order valence-electron chi connectivity index (χ0n) is 14.6. The van der Waals surface area contributed by atoms with Gasteiger partial charge in [-0.05, 0) is 12.1 Å². The molecule has 0 aromatic heterocycles. The Bertz CT molecular complexity index is 1010. The van der Waals surface area contributed by atoms with Crippen LogP contribution < -0.4 is 20.4 Å². The van der Waals surface area contributed by atoms with Gasteiger partial charge in [0.15, 0.2) is 19.7 Å². The zero-order valence-corrected chi connectivity index (χ0v) is 16.2. The van der Waals surface area contributed by atoms with Gasteiger partial charge in [0.2, 0.25) is 0 Å². The van der Waals surface area contributed by atoms with E-state index in [1.54, 1.807) is 24.3 Å². The molecular formula is C16H18N4O6S2. The first-order valence-corrected chi connectivity index (χ1v) is 12.5. The summed E-state index contributed by atoms with van der Waals surface area (Å²) in [7, 11) is -6.54. The van der Waals surface area contributed by atoms with Crippen molar-refractivity contribution in [1.29, 1.82) is 0 Å². The number of hydrogen-bond acceptors (Lipinski definition) is 6. The molecule has 0 unspecified atom stereocenters. The molecule has 1 aromatic rings. The second kappa shape index (κ2) is 5.60. The predicted octanol–water partition coefficient (Wildman–Crippen LogP) is -0.923. The Balaban J connectivity index is 1.57. The van der Waals surface area contributed by atoms with E-state index < -0.39 is 55.9 Å². The third-order valence-electron chi connectivity index (χ3n) is 5.76. The second-order valence-electron chi connectivity index (χ2n) is 7.63. The largest absolute Gasteiger partial charge is 0.332 e. The van der Waals surface area contributed by atoms with Crippen molar-refractivity contribution in [2.45, 2.75) is 24.2 Å². The Labute approximate surface area is 161 Å². The standard InChI is InChI=1S/C16H18N4O6S2/c21-15-17-9-5-27(23,24)7-13(9)19(15)11-3-1-2-4-12(11)20-14-8-28(25,26)6-10(14)18-16(20)22/h1-4,9-10,13-14H,5-8H2,(H,17,21)(H,18,22)/t9-,10-,13+,14+/m1/s1. The monoisotopic (exact) mass is 426 g/mol. The van der Waals surface area contributed by atoms with E-state index >= 15 is 0 Å². The summed E-state index contributed by atoms with van der Waals surface area (Å²) in [6.07, 6.45) is 0. The van der Waals surface area contributed by atoms with Gasteiger partial charge in [-0.25, -0.2) is 26.4 Å². The average Bonchev–Trinajstić information content (AvgIpc) is 3.21. The van der Waals surface area contributed by atoms with Gasteiger partial charge in [-0.3, -0.25) is 9.80 Å². The van der Waals surface area contributed by atoms with Crippen LogP contribution in [0, 0.1) is 0 Å². The molecular weight excluding hydrogens is 408 g/mol. The first-order valence-electron chi connectivity index (χ1n) is 8.84. The number of carbonyl (C=O) groups is 2. The fraction of sp³-hybridized carbons (Fsp3) is 0.500. The number of anilines is 2. The lowest BCUT2D eigenvalue weighted by atomic mass is 10.1. The Hall–Kier alpha value is -2.34. The molecule has 150 valence electrons. The van der Waals surface area contributed by atoms with Gasteiger partial charge in [0, 0.05) is 0 Å². The molecule has 0 bridgehead atoms. The number of fused-ring (bicyclic) bond motifs is 2. The van der Waals surface area contributed by atoms with Crippen molar-refractivity contribution < 1.29 is 26.4 Å². The Kier molecular flexibility index (Phi) is 3.55. The van der Waals surface area contributed by atoms with Crippen molar-refractivity contribution in [3.05, 3.63) is 24.3 Å². The van der Waals surface area contributed by atoms with Crippen molar-refractivity contribution in [2.24, 2.45) is 0 Å². The van der Waals surface area contributed by atoms with Crippen molar-refractivity contribution in [3.63, 3.8) is 0 Å². The molecule has 5 rings (SSSR count). The fourth-order valence-corrected chi connectivity index (χ4v) is 8.43. The van der Waals surface area contributed by atoms with Crippen LogP contribution in [0.3, 0.4) is 0 Å². The molecule has 2 N–H and O–H groups in total. The van der Waals surface area contributed by atoms with Gasteiger partial charge < -0.3 is 10.6 Å². The summed E-state index contributed by atoms with van der Waals surface area (Å²) in [5.41, 5.74) is 0.786. The lowest BCUT2D eigenvalue weighted by molar-refractivity contribution is 0.249. The fourth-order valence-electron chi connectivity index (χ4n) is 4.65. The number of nitrogens with zero attached hydrogens (tertiary/aromatic N) is 2. The van der Waals surface area contributed by atoms with Crippen LogP contribution in [0.25, 0.3) is 0 Å². The Morgan fingerprint density at radius 3 is 1.50 bits per heavy atom. The van der Waals surface area contributed by atoms with E-state index in [0.29, 0.717) is 11.4 Å². The molecule has 0 spiro atoms. The number of para-hydroxylation sites is 2. The summed E-state index contributed by atoms with van der Waals surface area (Å²) < 4.78 is 48.1. The predicted molar refractivity (Wildman–Crippen MR) is 101 cm³/mol. The van der Waals surface area contributed by atoms with Gasteiger partial charge in [-0.2, -0.15) is 0 Å². The normalized spacial score (nSPS) is 34.9. The van der Waals surface area contributed by atoms with E-state index in [9.17, 15) is 26.4 Å². The van der Waals surface area contributed by atoms with Gasteiger partial charge in [0.1, 0.15) is 0 Å². The minimum Gasteiger partial charge on any atom is -0.332 e. The van der Waals surface area contributed by atoms with Crippen LogP contribution in [0.1, 0.15) is 0 Å². The minimum atomic E-state index is -3.27. The van der Waals surface area contributed by atoms with E-state index in [0.717, 1.165) is 0 Å². The van der Waals surface area contributed by atoms with Crippen LogP contribution in [-0.4, -0.2) is 76.1 Å². The van der Waals surface area contributed by atoms with Crippen LogP contribution in [-0.2, 0) is 19.7 Å². The molecule has 10 nitrogen and oxygen atoms in total. The van der Waals surface area contributed by atoms with E-state index in [-0.39, 0.29) is 23.0 Å². The molecule has 0 aliphatic carbocycles. The molecule has 4 atom stereocenters. The summed E-state index contributed by atoms with van der Waals surface area (Å²) in [6, 6.07) is 3.70. The maximum Gasteiger partial charge on any atom is 0.322 e. The molecule has 4 aliphatic rings. The Morgan fingerprint density at radius 2 is 1.11 bits per heavy atom. The molecule has 28 heavy (non-hydrogen) atoms. The number of benzene rings is 1. The number of urea groups is 2. The van der Waals surface area contributed by atoms with Crippen molar-refractivity contribution in [1.82, 2.24) is 10.6 Å². The number of hydrogen-bond donors (Lipinski definition) is 2. The van der Waals surface area contributed by atoms with Crippen molar-refractivity contribution in [3.8, 4) is 0 Å². The lowest BCUT2D eigenvalue weighted by Gasteiger charge is -2.29. The SMILES string of the molecule is O=C1N[C@@H]2CS(=O)(=O)C[C@@H]2N1c1ccccc1N1C(=O)N[C@@H]2CS(=O)(=O)C[C@@H]21. The number of nitrogens with one attached hydrogen (secondary N) is 2. The number of carbonyl (C=O) groups excluding carboxylic acids is 2. The van der Waals surface area contributed by atoms with E-state index in [2.05, 4.69) is 10.6 Å². The van der Waals surface area contributed by atoms with Gasteiger partial charge in [0.05, 0.1) is 58.6 Å². The molecule has 4 saturated heterocycles. The number of sulfone groups is 2. The molecule has 4 heterocycles. The summed E-state index contributed by atoms with van der Waals surface area (Å²) >= 11 is 0. The van der Waals surface area contributed by atoms with Crippen molar-refractivity contribution in [2.75, 3.05) is 32.8 Å². The van der Waals surface area contributed by atoms with Gasteiger partial charge >= 0.3 is 12.1 Å². The van der Waals surface area contributed by atoms with Crippen LogP contribution in [0.4, 0.5) is 21.0 Å². The highest BCUT2D eigenvalue weighted by Gasteiger charge is 2.53. The van der Waals surface area contributed by atoms with Gasteiger partial charge in [-0.1, -0.05) is 12.1 Å². The smallest absolute Gasteiger partial charge is 0.322 e. The maximum atomic E-state index is 12.6. The average molecular weight is 426 g/mol. The summed E-state index contributed by atoms with van der Waals surface area (Å²) in [4.78, 5) is 27.9. The maximum absolute atomic E-state index is 12.6. The Morgan fingerprint density at radius 1 is 0.714 bits per heavy atom. The lowest BCUT2D eigenvalue weighted by Crippen LogP contribution is -2.41. The highest BCUT2D eigenvalue weighted by atomic mass is 32.2. The van der Waals surface area contributed by atoms with Gasteiger partial charge in [-0.15, -0.1) is 0 Å². The van der Waals surface area contributed by atoms with Gasteiger partial charge in [0.25, 0.3) is 0 Å². The molecule has 4 fully saturated rings. The minimum absolute atomic E-state index is 0.116. The van der Waals surface area contributed by atoms with Crippen LogP contribution >= 0.6 is 0 Å². The molecule has 1 aromatic carbocycles. The molecule has 4 amide bonds. The topological polar surface area (TPSA) is 133 Å². The summed E-state index contributed by atoms with van der Waals surface area (Å²) in [6.45, 7) is 0. The number of rotatable bonds is 2. The zero-order chi connectivity index (χ0) is 19.8.